The van der Waals surface area contributed by atoms with Crippen molar-refractivity contribution in [1.82, 2.24) is 4.90 Å². The molecule has 92 valence electrons. The first-order valence-corrected chi connectivity index (χ1v) is 5.99. The van der Waals surface area contributed by atoms with E-state index in [0.717, 1.165) is 31.9 Å². The number of nitrogens with one attached hydrogen (secondary N) is 1. The van der Waals surface area contributed by atoms with E-state index in [0.29, 0.717) is 0 Å². The Balaban J connectivity index is 2.02. The molecule has 0 aliphatic carbocycles. The van der Waals surface area contributed by atoms with Gasteiger partial charge in [0.05, 0.1) is 0 Å². The summed E-state index contributed by atoms with van der Waals surface area (Å²) in [5, 5.41) is 3.14. The van der Waals surface area contributed by atoms with Crippen LogP contribution in [-0.4, -0.2) is 44.0 Å². The Morgan fingerprint density at radius 2 is 1.94 bits per heavy atom. The van der Waals surface area contributed by atoms with Gasteiger partial charge in [-0.05, 0) is 18.2 Å². The molecule has 1 amide bonds. The van der Waals surface area contributed by atoms with Gasteiger partial charge in [0.2, 0.25) is 5.91 Å². The van der Waals surface area contributed by atoms with Gasteiger partial charge < -0.3 is 15.1 Å². The second-order valence-electron chi connectivity index (χ2n) is 4.29. The van der Waals surface area contributed by atoms with Gasteiger partial charge in [0.1, 0.15) is 0 Å². The van der Waals surface area contributed by atoms with Gasteiger partial charge in [-0.2, -0.15) is 0 Å². The zero-order valence-electron chi connectivity index (χ0n) is 10.4. The molecular formula is C13H19N3O. The Kier molecular flexibility index (Phi) is 3.52. The van der Waals surface area contributed by atoms with Gasteiger partial charge in [0.15, 0.2) is 0 Å². The lowest BCUT2D eigenvalue weighted by molar-refractivity contribution is -0.129. The summed E-state index contributed by atoms with van der Waals surface area (Å²) in [5.41, 5.74) is 2.34. The Hall–Kier alpha value is -1.71. The summed E-state index contributed by atoms with van der Waals surface area (Å²) in [6, 6.07) is 8.36. The summed E-state index contributed by atoms with van der Waals surface area (Å²) >= 11 is 0. The molecule has 0 saturated carbocycles. The third-order valence-electron chi connectivity index (χ3n) is 3.22. The maximum absolute atomic E-state index is 11.2. The first-order chi connectivity index (χ1) is 8.20. The minimum Gasteiger partial charge on any atom is -0.388 e. The molecule has 17 heavy (non-hydrogen) atoms. The fourth-order valence-electron chi connectivity index (χ4n) is 2.14. The zero-order chi connectivity index (χ0) is 12.3. The molecule has 0 aromatic heterocycles. The number of hydrogen-bond acceptors (Lipinski definition) is 3. The van der Waals surface area contributed by atoms with E-state index < -0.39 is 0 Å². The number of carbonyl (C=O) groups excluding carboxylic acids is 1. The molecule has 1 N–H and O–H groups in total. The lowest BCUT2D eigenvalue weighted by Gasteiger charge is -2.35. The topological polar surface area (TPSA) is 35.6 Å². The second-order valence-corrected chi connectivity index (χ2v) is 4.29. The van der Waals surface area contributed by atoms with Crippen LogP contribution >= 0.6 is 0 Å². The quantitative estimate of drug-likeness (QED) is 0.838. The van der Waals surface area contributed by atoms with E-state index >= 15 is 0 Å². The van der Waals surface area contributed by atoms with Gasteiger partial charge in [-0.25, -0.2) is 0 Å². The van der Waals surface area contributed by atoms with Crippen LogP contribution in [0.25, 0.3) is 0 Å². The number of rotatable bonds is 2. The minimum absolute atomic E-state index is 0.175. The van der Waals surface area contributed by atoms with Crippen LogP contribution in [-0.2, 0) is 4.79 Å². The normalized spacial score (nSPS) is 15.9. The van der Waals surface area contributed by atoms with Crippen LogP contribution in [0.5, 0.6) is 0 Å². The smallest absolute Gasteiger partial charge is 0.219 e. The molecular weight excluding hydrogens is 214 g/mol. The molecule has 0 atom stereocenters. The average molecular weight is 233 g/mol. The number of hydrogen-bond donors (Lipinski definition) is 1. The summed E-state index contributed by atoms with van der Waals surface area (Å²) in [6.07, 6.45) is 0. The number of amides is 1. The van der Waals surface area contributed by atoms with Crippen LogP contribution in [0.1, 0.15) is 6.92 Å². The highest BCUT2D eigenvalue weighted by molar-refractivity contribution is 5.73. The predicted octanol–water partition coefficient (Wildman–Crippen LogP) is 1.40. The molecule has 2 rings (SSSR count). The fraction of sp³-hybridized carbons (Fsp3) is 0.462. The molecule has 1 aliphatic heterocycles. The largest absolute Gasteiger partial charge is 0.388 e. The molecule has 0 bridgehead atoms. The van der Waals surface area contributed by atoms with Crippen molar-refractivity contribution < 1.29 is 4.79 Å². The highest BCUT2D eigenvalue weighted by atomic mass is 16.2. The van der Waals surface area contributed by atoms with Crippen LogP contribution < -0.4 is 10.2 Å². The van der Waals surface area contributed by atoms with Crippen LogP contribution in [0.15, 0.2) is 24.3 Å². The summed E-state index contributed by atoms with van der Waals surface area (Å²) in [4.78, 5) is 15.5. The van der Waals surface area contributed by atoms with Crippen LogP contribution in [0.3, 0.4) is 0 Å². The summed E-state index contributed by atoms with van der Waals surface area (Å²) < 4.78 is 0. The number of nitrogens with zero attached hydrogens (tertiary/aromatic N) is 2. The molecule has 1 heterocycles. The molecule has 1 saturated heterocycles. The van der Waals surface area contributed by atoms with Crippen molar-refractivity contribution in [3.8, 4) is 0 Å². The number of carbonyl (C=O) groups is 1. The molecule has 1 aromatic rings. The number of piperazine rings is 1. The molecule has 0 radical (unpaired) electrons. The molecule has 0 unspecified atom stereocenters. The molecule has 4 nitrogen and oxygen atoms in total. The third kappa shape index (κ3) is 2.70. The summed E-state index contributed by atoms with van der Waals surface area (Å²) in [6.45, 7) is 5.09. The molecule has 1 aliphatic rings. The van der Waals surface area contributed by atoms with Crippen molar-refractivity contribution in [1.29, 1.82) is 0 Å². The van der Waals surface area contributed by atoms with Crippen LogP contribution in [0, 0.1) is 0 Å². The van der Waals surface area contributed by atoms with Crippen molar-refractivity contribution >= 4 is 17.3 Å². The maximum atomic E-state index is 11.2. The van der Waals surface area contributed by atoms with E-state index in [1.165, 1.54) is 5.69 Å². The van der Waals surface area contributed by atoms with E-state index in [9.17, 15) is 4.79 Å². The van der Waals surface area contributed by atoms with Crippen molar-refractivity contribution in [3.05, 3.63) is 24.3 Å². The van der Waals surface area contributed by atoms with Crippen LogP contribution in [0.4, 0.5) is 11.4 Å². The lowest BCUT2D eigenvalue weighted by Crippen LogP contribution is -2.48. The number of benzene rings is 1. The molecule has 0 spiro atoms. The highest BCUT2D eigenvalue weighted by Crippen LogP contribution is 2.20. The van der Waals surface area contributed by atoms with Crippen molar-refractivity contribution in [2.24, 2.45) is 0 Å². The minimum atomic E-state index is 0.175. The Bertz CT molecular complexity index is 397. The molecule has 4 heteroatoms. The van der Waals surface area contributed by atoms with Gasteiger partial charge in [-0.3, -0.25) is 4.79 Å². The number of anilines is 2. The van der Waals surface area contributed by atoms with Crippen molar-refractivity contribution in [3.63, 3.8) is 0 Å². The Labute approximate surface area is 102 Å². The SMILES string of the molecule is CNc1cccc(N2CCN(C(C)=O)CC2)c1. The van der Waals surface area contributed by atoms with E-state index in [1.807, 2.05) is 11.9 Å². The maximum Gasteiger partial charge on any atom is 0.219 e. The fourth-order valence-corrected chi connectivity index (χ4v) is 2.14. The first kappa shape index (κ1) is 11.8. The zero-order valence-corrected chi connectivity index (χ0v) is 10.4. The predicted molar refractivity (Wildman–Crippen MR) is 70.5 cm³/mol. The van der Waals surface area contributed by atoms with E-state index in [-0.39, 0.29) is 5.91 Å². The van der Waals surface area contributed by atoms with Gasteiger partial charge in [0.25, 0.3) is 0 Å². The van der Waals surface area contributed by atoms with Crippen LogP contribution in [0.2, 0.25) is 0 Å². The highest BCUT2D eigenvalue weighted by Gasteiger charge is 2.18. The average Bonchev–Trinajstić information content (AvgIpc) is 2.39. The van der Waals surface area contributed by atoms with E-state index in [4.69, 9.17) is 0 Å². The third-order valence-corrected chi connectivity index (χ3v) is 3.22. The van der Waals surface area contributed by atoms with Gasteiger partial charge in [-0.1, -0.05) is 6.07 Å². The first-order valence-electron chi connectivity index (χ1n) is 5.99. The molecule has 1 aromatic carbocycles. The molecule has 1 fully saturated rings. The summed E-state index contributed by atoms with van der Waals surface area (Å²) in [5.74, 6) is 0.175. The monoisotopic (exact) mass is 233 g/mol. The Morgan fingerprint density at radius 1 is 1.24 bits per heavy atom. The van der Waals surface area contributed by atoms with Gasteiger partial charge >= 0.3 is 0 Å². The van der Waals surface area contributed by atoms with E-state index in [1.54, 1.807) is 6.92 Å². The van der Waals surface area contributed by atoms with E-state index in [2.05, 4.69) is 34.5 Å². The summed E-state index contributed by atoms with van der Waals surface area (Å²) in [7, 11) is 1.92. The second kappa shape index (κ2) is 5.08. The van der Waals surface area contributed by atoms with Crippen molar-refractivity contribution in [2.45, 2.75) is 6.92 Å². The van der Waals surface area contributed by atoms with Crippen molar-refractivity contribution in [2.75, 3.05) is 43.4 Å². The lowest BCUT2D eigenvalue weighted by atomic mass is 10.2. The van der Waals surface area contributed by atoms with Gasteiger partial charge in [-0.15, -0.1) is 0 Å². The van der Waals surface area contributed by atoms with Gasteiger partial charge in [0, 0.05) is 51.5 Å². The standard InChI is InChI=1S/C13H19N3O/c1-11(17)15-6-8-16(9-7-15)13-5-3-4-12(10-13)14-2/h3-5,10,14H,6-9H2,1-2H3. The Morgan fingerprint density at radius 3 is 2.53 bits per heavy atom.